The normalized spacial score (nSPS) is 26.2. The van der Waals surface area contributed by atoms with Crippen LogP contribution in [0.25, 0.3) is 10.9 Å². The molecule has 0 saturated heterocycles. The highest BCUT2D eigenvalue weighted by atomic mass is 16.5. The molecule has 0 unspecified atom stereocenters. The van der Waals surface area contributed by atoms with Crippen LogP contribution in [0.4, 0.5) is 0 Å². The summed E-state index contributed by atoms with van der Waals surface area (Å²) in [4.78, 5) is 13.9. The fraction of sp³-hybridized carbons (Fsp3) is 0.483. The van der Waals surface area contributed by atoms with Crippen molar-refractivity contribution in [3.05, 3.63) is 57.9 Å². The lowest BCUT2D eigenvalue weighted by atomic mass is 9.46. The standard InChI is InChI=1S/C29H33NO5/c1-29(2)25-22(15-11-12-15)21(16-13-19(32-4)27(34-6)20(14-16)33-5)23(25)24-26(35-29)17-9-7-8-10-18(17)30(3)28(24)31/h7-10,13-15,21-23,25H,11-12H2,1-6H3/t21-,22-,23+,25+/m1/s1. The number of aromatic nitrogens is 1. The smallest absolute Gasteiger partial charge is 0.258 e. The highest BCUT2D eigenvalue weighted by molar-refractivity contribution is 5.87. The Hall–Kier alpha value is -3.15. The van der Waals surface area contributed by atoms with Crippen LogP contribution < -0.4 is 24.5 Å². The summed E-state index contributed by atoms with van der Waals surface area (Å²) in [6, 6.07) is 12.2. The minimum atomic E-state index is -0.378. The molecular weight excluding hydrogens is 442 g/mol. The van der Waals surface area contributed by atoms with E-state index >= 15 is 0 Å². The number of rotatable bonds is 5. The Morgan fingerprint density at radius 2 is 1.63 bits per heavy atom. The van der Waals surface area contributed by atoms with Crippen molar-refractivity contribution in [2.45, 2.75) is 44.1 Å². The van der Waals surface area contributed by atoms with Gasteiger partial charge in [-0.05, 0) is 74.3 Å². The molecule has 2 heterocycles. The lowest BCUT2D eigenvalue weighted by Crippen LogP contribution is -2.60. The van der Waals surface area contributed by atoms with Crippen molar-refractivity contribution in [1.29, 1.82) is 0 Å². The van der Waals surface area contributed by atoms with E-state index in [9.17, 15) is 4.79 Å². The number of hydrogen-bond acceptors (Lipinski definition) is 5. The summed E-state index contributed by atoms with van der Waals surface area (Å²) in [5, 5.41) is 0.995. The zero-order valence-electron chi connectivity index (χ0n) is 21.3. The molecule has 3 aliphatic rings. The fourth-order valence-electron chi connectivity index (χ4n) is 7.05. The molecule has 184 valence electrons. The number of aryl methyl sites for hydroxylation is 1. The van der Waals surface area contributed by atoms with Crippen molar-refractivity contribution in [3.63, 3.8) is 0 Å². The van der Waals surface area contributed by atoms with E-state index in [2.05, 4.69) is 32.0 Å². The maximum atomic E-state index is 13.9. The van der Waals surface area contributed by atoms with Crippen LogP contribution in [-0.2, 0) is 7.05 Å². The molecule has 2 fully saturated rings. The lowest BCUT2D eigenvalue weighted by molar-refractivity contribution is -0.0969. The number of benzene rings is 2. The number of methoxy groups -OCH3 is 3. The van der Waals surface area contributed by atoms with E-state index in [1.165, 1.54) is 12.8 Å². The van der Waals surface area contributed by atoms with Crippen LogP contribution in [0.3, 0.4) is 0 Å². The van der Waals surface area contributed by atoms with E-state index in [1.807, 2.05) is 25.2 Å². The number of fused-ring (bicyclic) bond motifs is 5. The first-order valence-electron chi connectivity index (χ1n) is 12.4. The van der Waals surface area contributed by atoms with Crippen LogP contribution >= 0.6 is 0 Å². The summed E-state index contributed by atoms with van der Waals surface area (Å²) in [6.07, 6.45) is 2.46. The van der Waals surface area contributed by atoms with Crippen molar-refractivity contribution in [1.82, 2.24) is 4.57 Å². The van der Waals surface area contributed by atoms with Gasteiger partial charge in [0.15, 0.2) is 11.5 Å². The second-order valence-electron chi connectivity index (χ2n) is 10.8. The molecular formula is C29H33NO5. The van der Waals surface area contributed by atoms with E-state index in [4.69, 9.17) is 18.9 Å². The molecule has 2 aliphatic carbocycles. The Kier molecular flexibility index (Phi) is 4.89. The molecule has 6 nitrogen and oxygen atoms in total. The summed E-state index contributed by atoms with van der Waals surface area (Å²) >= 11 is 0. The van der Waals surface area contributed by atoms with Gasteiger partial charge in [0.2, 0.25) is 5.75 Å². The van der Waals surface area contributed by atoms with Gasteiger partial charge in [-0.25, -0.2) is 0 Å². The Morgan fingerprint density at radius 1 is 0.971 bits per heavy atom. The van der Waals surface area contributed by atoms with E-state index in [0.717, 1.165) is 27.8 Å². The molecule has 0 spiro atoms. The van der Waals surface area contributed by atoms with Gasteiger partial charge < -0.3 is 23.5 Å². The maximum Gasteiger partial charge on any atom is 0.258 e. The third-order valence-corrected chi connectivity index (χ3v) is 8.63. The van der Waals surface area contributed by atoms with Gasteiger partial charge in [0.25, 0.3) is 5.56 Å². The third-order valence-electron chi connectivity index (χ3n) is 8.63. The number of pyridine rings is 1. The first kappa shape index (κ1) is 22.3. The van der Waals surface area contributed by atoms with Gasteiger partial charge in [-0.15, -0.1) is 0 Å². The van der Waals surface area contributed by atoms with Gasteiger partial charge in [-0.3, -0.25) is 4.79 Å². The van der Waals surface area contributed by atoms with Gasteiger partial charge in [0, 0.05) is 24.3 Å². The van der Waals surface area contributed by atoms with Crippen molar-refractivity contribution in [2.24, 2.45) is 24.8 Å². The van der Waals surface area contributed by atoms with Gasteiger partial charge in [-0.1, -0.05) is 12.1 Å². The topological polar surface area (TPSA) is 58.9 Å². The first-order valence-corrected chi connectivity index (χ1v) is 12.4. The Morgan fingerprint density at radius 3 is 2.23 bits per heavy atom. The Balaban J connectivity index is 1.60. The zero-order valence-corrected chi connectivity index (χ0v) is 21.3. The van der Waals surface area contributed by atoms with E-state index in [0.29, 0.717) is 29.1 Å². The van der Waals surface area contributed by atoms with Gasteiger partial charge in [0.1, 0.15) is 11.4 Å². The largest absolute Gasteiger partial charge is 0.493 e. The van der Waals surface area contributed by atoms with Crippen molar-refractivity contribution < 1.29 is 18.9 Å². The summed E-state index contributed by atoms with van der Waals surface area (Å²) < 4.78 is 25.5. The molecule has 4 atom stereocenters. The molecule has 0 bridgehead atoms. The molecule has 35 heavy (non-hydrogen) atoms. The minimum absolute atomic E-state index is 0.0379. The van der Waals surface area contributed by atoms with Crippen LogP contribution in [0.1, 0.15) is 49.7 Å². The quantitative estimate of drug-likeness (QED) is 0.504. The van der Waals surface area contributed by atoms with Gasteiger partial charge in [0.05, 0.1) is 32.4 Å². The van der Waals surface area contributed by atoms with Crippen LogP contribution in [0.5, 0.6) is 23.0 Å². The predicted octanol–water partition coefficient (Wildman–Crippen LogP) is 5.26. The van der Waals surface area contributed by atoms with Crippen LogP contribution in [-0.4, -0.2) is 31.5 Å². The molecule has 0 radical (unpaired) electrons. The summed E-state index contributed by atoms with van der Waals surface area (Å²) in [5.41, 5.74) is 2.50. The molecule has 1 aliphatic heterocycles. The predicted molar refractivity (Wildman–Crippen MR) is 135 cm³/mol. The average molecular weight is 476 g/mol. The lowest BCUT2D eigenvalue weighted by Gasteiger charge is -2.61. The van der Waals surface area contributed by atoms with E-state index in [-0.39, 0.29) is 28.9 Å². The van der Waals surface area contributed by atoms with Crippen LogP contribution in [0, 0.1) is 17.8 Å². The van der Waals surface area contributed by atoms with Crippen molar-refractivity contribution in [3.8, 4) is 23.0 Å². The SMILES string of the molecule is COc1cc([C@H]2[C@H]3c4c(c5ccccc5n(C)c4=O)OC(C)(C)[C@H]3[C@@H]2C2CC2)cc(OC)c1OC. The van der Waals surface area contributed by atoms with Crippen molar-refractivity contribution >= 4 is 10.9 Å². The highest BCUT2D eigenvalue weighted by Crippen LogP contribution is 2.70. The summed E-state index contributed by atoms with van der Waals surface area (Å²) in [7, 11) is 6.79. The van der Waals surface area contributed by atoms with E-state index < -0.39 is 0 Å². The summed E-state index contributed by atoms with van der Waals surface area (Å²) in [6.45, 7) is 4.39. The van der Waals surface area contributed by atoms with Crippen LogP contribution in [0.15, 0.2) is 41.2 Å². The zero-order chi connectivity index (χ0) is 24.6. The molecule has 2 saturated carbocycles. The molecule has 0 amide bonds. The van der Waals surface area contributed by atoms with Crippen LogP contribution in [0.2, 0.25) is 0 Å². The van der Waals surface area contributed by atoms with Crippen molar-refractivity contribution in [2.75, 3.05) is 21.3 Å². The number of ether oxygens (including phenoxy) is 4. The second-order valence-corrected chi connectivity index (χ2v) is 10.8. The fourth-order valence-corrected chi connectivity index (χ4v) is 7.05. The number of hydrogen-bond donors (Lipinski definition) is 0. The molecule has 0 N–H and O–H groups in total. The molecule has 3 aromatic rings. The van der Waals surface area contributed by atoms with Gasteiger partial charge >= 0.3 is 0 Å². The monoisotopic (exact) mass is 475 g/mol. The molecule has 6 heteroatoms. The Bertz CT molecular complexity index is 1360. The maximum absolute atomic E-state index is 13.9. The molecule has 2 aromatic carbocycles. The minimum Gasteiger partial charge on any atom is -0.493 e. The second kappa shape index (κ2) is 7.67. The molecule has 1 aromatic heterocycles. The Labute approximate surface area is 205 Å². The summed E-state index contributed by atoms with van der Waals surface area (Å²) in [5.74, 6) is 4.23. The van der Waals surface area contributed by atoms with Gasteiger partial charge in [-0.2, -0.15) is 0 Å². The van der Waals surface area contributed by atoms with E-state index in [1.54, 1.807) is 25.9 Å². The first-order chi connectivity index (χ1) is 16.8. The molecule has 6 rings (SSSR count). The highest BCUT2D eigenvalue weighted by Gasteiger charge is 2.65. The number of nitrogens with zero attached hydrogens (tertiary/aromatic N) is 1. The number of para-hydroxylation sites is 1. The average Bonchev–Trinajstić information content (AvgIpc) is 3.67. The third kappa shape index (κ3) is 3.04.